The monoisotopic (exact) mass is 217 g/mol. The van der Waals surface area contributed by atoms with Crippen LogP contribution in [-0.4, -0.2) is 21.3 Å². The molecular weight excluding hydrogens is 194 g/mol. The molecule has 84 valence electrons. The maximum Gasteiger partial charge on any atom is 0.0360 e. The lowest BCUT2D eigenvalue weighted by Gasteiger charge is -2.25. The molecule has 0 aromatic carbocycles. The Balaban J connectivity index is 2.43. The minimum absolute atomic E-state index is 0.350. The van der Waals surface area contributed by atoms with Gasteiger partial charge in [-0.15, -0.1) is 0 Å². The molecule has 0 amide bonds. The number of hydrogen-bond acceptors (Lipinski definition) is 2. The Morgan fingerprint density at radius 3 is 2.50 bits per heavy atom. The highest BCUT2D eigenvalue weighted by atomic mass is 32.2. The Morgan fingerprint density at radius 2 is 2.00 bits per heavy atom. The van der Waals surface area contributed by atoms with Gasteiger partial charge in [0.05, 0.1) is 0 Å². The molecule has 0 heterocycles. The van der Waals surface area contributed by atoms with E-state index in [1.165, 1.54) is 32.1 Å². The zero-order valence-electron chi connectivity index (χ0n) is 9.21. The summed E-state index contributed by atoms with van der Waals surface area (Å²) >= 11 is 0. The molecule has 0 aliphatic heterocycles. The molecule has 3 heteroatoms. The van der Waals surface area contributed by atoms with E-state index in [4.69, 9.17) is 5.73 Å². The SMILES string of the molecule is CCC(CCN)S(=O)C1CCCCC1. The van der Waals surface area contributed by atoms with Crippen molar-refractivity contribution in [1.82, 2.24) is 0 Å². The second kappa shape index (κ2) is 6.57. The van der Waals surface area contributed by atoms with Gasteiger partial charge in [0.25, 0.3) is 0 Å². The molecule has 0 aromatic heterocycles. The molecular formula is C11H23NOS. The van der Waals surface area contributed by atoms with Gasteiger partial charge in [-0.1, -0.05) is 26.2 Å². The molecule has 1 aliphatic carbocycles. The summed E-state index contributed by atoms with van der Waals surface area (Å²) in [6.45, 7) is 2.80. The van der Waals surface area contributed by atoms with E-state index in [9.17, 15) is 4.21 Å². The summed E-state index contributed by atoms with van der Waals surface area (Å²) in [4.78, 5) is 0. The van der Waals surface area contributed by atoms with Gasteiger partial charge in [0.1, 0.15) is 0 Å². The first-order valence-corrected chi connectivity index (χ1v) is 7.16. The van der Waals surface area contributed by atoms with Crippen molar-refractivity contribution in [2.45, 2.75) is 62.4 Å². The quantitative estimate of drug-likeness (QED) is 0.767. The Bertz CT molecular complexity index is 171. The standard InChI is InChI=1S/C11H23NOS/c1-2-10(8-9-12)14(13)11-6-4-3-5-7-11/h10-11H,2-9,12H2,1H3. The van der Waals surface area contributed by atoms with E-state index >= 15 is 0 Å². The summed E-state index contributed by atoms with van der Waals surface area (Å²) in [6.07, 6.45) is 8.17. The molecule has 0 saturated heterocycles. The van der Waals surface area contributed by atoms with Crippen LogP contribution in [0, 0.1) is 0 Å². The van der Waals surface area contributed by atoms with E-state index in [0.29, 0.717) is 17.0 Å². The molecule has 0 aromatic rings. The third-order valence-corrected chi connectivity index (χ3v) is 5.51. The van der Waals surface area contributed by atoms with Gasteiger partial charge in [-0.05, 0) is 32.2 Å². The van der Waals surface area contributed by atoms with Crippen LogP contribution in [0.5, 0.6) is 0 Å². The first-order valence-electron chi connectivity index (χ1n) is 5.89. The Labute approximate surface area is 90.1 Å². The second-order valence-corrected chi connectivity index (χ2v) is 6.19. The van der Waals surface area contributed by atoms with Crippen LogP contribution in [0.4, 0.5) is 0 Å². The summed E-state index contributed by atoms with van der Waals surface area (Å²) in [7, 11) is -0.624. The normalized spacial score (nSPS) is 23.3. The fraction of sp³-hybridized carbons (Fsp3) is 1.00. The molecule has 0 radical (unpaired) electrons. The first-order chi connectivity index (χ1) is 6.79. The van der Waals surface area contributed by atoms with Crippen molar-refractivity contribution in [2.24, 2.45) is 5.73 Å². The van der Waals surface area contributed by atoms with Crippen LogP contribution in [0.25, 0.3) is 0 Å². The molecule has 1 fully saturated rings. The third kappa shape index (κ3) is 3.35. The third-order valence-electron chi connectivity index (χ3n) is 3.15. The summed E-state index contributed by atoms with van der Waals surface area (Å²) in [5, 5.41) is 0.823. The molecule has 2 N–H and O–H groups in total. The van der Waals surface area contributed by atoms with Gasteiger partial charge in [-0.2, -0.15) is 0 Å². The van der Waals surface area contributed by atoms with Crippen molar-refractivity contribution in [3.63, 3.8) is 0 Å². The van der Waals surface area contributed by atoms with Gasteiger partial charge in [0, 0.05) is 21.3 Å². The van der Waals surface area contributed by atoms with E-state index in [0.717, 1.165) is 12.8 Å². The minimum atomic E-state index is -0.624. The van der Waals surface area contributed by atoms with Crippen LogP contribution in [-0.2, 0) is 10.8 Å². The molecule has 2 nitrogen and oxygen atoms in total. The van der Waals surface area contributed by atoms with Crippen molar-refractivity contribution >= 4 is 10.8 Å². The van der Waals surface area contributed by atoms with Crippen LogP contribution < -0.4 is 5.73 Å². The van der Waals surface area contributed by atoms with E-state index < -0.39 is 10.8 Å². The number of nitrogens with two attached hydrogens (primary N) is 1. The Hall–Kier alpha value is 0.110. The number of rotatable bonds is 5. The lowest BCUT2D eigenvalue weighted by atomic mass is 10.0. The maximum atomic E-state index is 12.2. The summed E-state index contributed by atoms with van der Waals surface area (Å²) in [5.41, 5.74) is 5.54. The van der Waals surface area contributed by atoms with Gasteiger partial charge >= 0.3 is 0 Å². The highest BCUT2D eigenvalue weighted by molar-refractivity contribution is 7.86. The Morgan fingerprint density at radius 1 is 1.36 bits per heavy atom. The predicted molar refractivity (Wildman–Crippen MR) is 62.8 cm³/mol. The van der Waals surface area contributed by atoms with Gasteiger partial charge < -0.3 is 5.73 Å². The summed E-state index contributed by atoms with van der Waals surface area (Å²) < 4.78 is 12.2. The zero-order chi connectivity index (χ0) is 10.4. The highest BCUT2D eigenvalue weighted by Gasteiger charge is 2.24. The van der Waals surface area contributed by atoms with E-state index in [1.807, 2.05) is 0 Å². The summed E-state index contributed by atoms with van der Waals surface area (Å²) in [5.74, 6) is 0. The van der Waals surface area contributed by atoms with Crippen LogP contribution in [0.1, 0.15) is 51.9 Å². The van der Waals surface area contributed by atoms with Crippen LogP contribution >= 0.6 is 0 Å². The average molecular weight is 217 g/mol. The molecule has 0 bridgehead atoms. The lowest BCUT2D eigenvalue weighted by molar-refractivity contribution is 0.499. The fourth-order valence-corrected chi connectivity index (χ4v) is 4.28. The lowest BCUT2D eigenvalue weighted by Crippen LogP contribution is -2.29. The van der Waals surface area contributed by atoms with Gasteiger partial charge in [0.2, 0.25) is 0 Å². The topological polar surface area (TPSA) is 43.1 Å². The smallest absolute Gasteiger partial charge is 0.0360 e. The van der Waals surface area contributed by atoms with Crippen molar-refractivity contribution in [2.75, 3.05) is 6.54 Å². The van der Waals surface area contributed by atoms with Gasteiger partial charge in [-0.25, -0.2) is 0 Å². The summed E-state index contributed by atoms with van der Waals surface area (Å²) in [6, 6.07) is 0. The van der Waals surface area contributed by atoms with Crippen LogP contribution in [0.15, 0.2) is 0 Å². The molecule has 0 spiro atoms. The Kier molecular flexibility index (Phi) is 5.71. The van der Waals surface area contributed by atoms with Crippen molar-refractivity contribution in [3.8, 4) is 0 Å². The largest absolute Gasteiger partial charge is 0.330 e. The van der Waals surface area contributed by atoms with Crippen molar-refractivity contribution in [3.05, 3.63) is 0 Å². The number of hydrogen-bond donors (Lipinski definition) is 1. The zero-order valence-corrected chi connectivity index (χ0v) is 10.0. The maximum absolute atomic E-state index is 12.2. The fourth-order valence-electron chi connectivity index (χ4n) is 2.24. The molecule has 14 heavy (non-hydrogen) atoms. The van der Waals surface area contributed by atoms with E-state index in [2.05, 4.69) is 6.92 Å². The van der Waals surface area contributed by atoms with Crippen molar-refractivity contribution < 1.29 is 4.21 Å². The van der Waals surface area contributed by atoms with E-state index in [-0.39, 0.29) is 0 Å². The van der Waals surface area contributed by atoms with Crippen LogP contribution in [0.2, 0.25) is 0 Å². The van der Waals surface area contributed by atoms with E-state index in [1.54, 1.807) is 0 Å². The van der Waals surface area contributed by atoms with Crippen LogP contribution in [0.3, 0.4) is 0 Å². The minimum Gasteiger partial charge on any atom is -0.330 e. The molecule has 2 unspecified atom stereocenters. The molecule has 2 atom stereocenters. The molecule has 1 saturated carbocycles. The van der Waals surface area contributed by atoms with Gasteiger partial charge in [0.15, 0.2) is 0 Å². The molecule has 1 rings (SSSR count). The molecule has 1 aliphatic rings. The average Bonchev–Trinajstić information content (AvgIpc) is 2.26. The highest BCUT2D eigenvalue weighted by Crippen LogP contribution is 2.25. The van der Waals surface area contributed by atoms with Gasteiger partial charge in [-0.3, -0.25) is 4.21 Å². The predicted octanol–water partition coefficient (Wildman–Crippen LogP) is 2.20. The second-order valence-electron chi connectivity index (χ2n) is 4.20. The first kappa shape index (κ1) is 12.2. The van der Waals surface area contributed by atoms with Crippen molar-refractivity contribution in [1.29, 1.82) is 0 Å².